The Morgan fingerprint density at radius 1 is 1.32 bits per heavy atom. The summed E-state index contributed by atoms with van der Waals surface area (Å²) in [5.41, 5.74) is 1.13. The standard InChI is InChI=1S/C13H9Cl2FN2O/c1-7-4-12(15)17-6-11(7)18-13(19)9-3-2-8(14)5-10(9)16/h2-6H,1H3,(H,18,19). The van der Waals surface area contributed by atoms with Crippen LogP contribution in [0.4, 0.5) is 10.1 Å². The van der Waals surface area contributed by atoms with Crippen LogP contribution >= 0.6 is 23.2 Å². The third-order valence-electron chi connectivity index (χ3n) is 2.50. The van der Waals surface area contributed by atoms with Crippen molar-refractivity contribution < 1.29 is 9.18 Å². The molecule has 0 aliphatic carbocycles. The van der Waals surface area contributed by atoms with E-state index < -0.39 is 11.7 Å². The SMILES string of the molecule is Cc1cc(Cl)ncc1NC(=O)c1ccc(Cl)cc1F. The van der Waals surface area contributed by atoms with Gasteiger partial charge in [-0.25, -0.2) is 9.37 Å². The van der Waals surface area contributed by atoms with E-state index in [1.54, 1.807) is 13.0 Å². The van der Waals surface area contributed by atoms with Crippen LogP contribution in [-0.2, 0) is 0 Å². The lowest BCUT2D eigenvalue weighted by Crippen LogP contribution is -2.14. The van der Waals surface area contributed by atoms with E-state index in [4.69, 9.17) is 23.2 Å². The van der Waals surface area contributed by atoms with E-state index in [1.165, 1.54) is 18.3 Å². The average Bonchev–Trinajstić information content (AvgIpc) is 2.32. The molecule has 0 aliphatic rings. The van der Waals surface area contributed by atoms with Crippen molar-refractivity contribution in [3.63, 3.8) is 0 Å². The van der Waals surface area contributed by atoms with Gasteiger partial charge < -0.3 is 5.32 Å². The fraction of sp³-hybridized carbons (Fsp3) is 0.0769. The second kappa shape index (κ2) is 5.55. The fourth-order valence-corrected chi connectivity index (χ4v) is 1.89. The van der Waals surface area contributed by atoms with Crippen LogP contribution in [-0.4, -0.2) is 10.9 Å². The number of rotatable bonds is 2. The van der Waals surface area contributed by atoms with Crippen molar-refractivity contribution in [2.24, 2.45) is 0 Å². The zero-order valence-electron chi connectivity index (χ0n) is 9.88. The molecule has 98 valence electrons. The van der Waals surface area contributed by atoms with Gasteiger partial charge in [-0.05, 0) is 36.8 Å². The minimum absolute atomic E-state index is 0.0845. The molecule has 2 rings (SSSR count). The maximum Gasteiger partial charge on any atom is 0.258 e. The summed E-state index contributed by atoms with van der Waals surface area (Å²) in [6, 6.07) is 5.47. The van der Waals surface area contributed by atoms with Gasteiger partial charge in [0.25, 0.3) is 5.91 Å². The molecule has 1 aromatic heterocycles. The molecule has 0 saturated carbocycles. The minimum Gasteiger partial charge on any atom is -0.320 e. The lowest BCUT2D eigenvalue weighted by Gasteiger charge is -2.08. The minimum atomic E-state index is -0.676. The van der Waals surface area contributed by atoms with Crippen molar-refractivity contribution in [1.29, 1.82) is 0 Å². The van der Waals surface area contributed by atoms with Gasteiger partial charge in [-0.3, -0.25) is 4.79 Å². The summed E-state index contributed by atoms with van der Waals surface area (Å²) in [6.07, 6.45) is 1.42. The van der Waals surface area contributed by atoms with Gasteiger partial charge in [-0.15, -0.1) is 0 Å². The summed E-state index contributed by atoms with van der Waals surface area (Å²) < 4.78 is 13.6. The van der Waals surface area contributed by atoms with E-state index in [0.717, 1.165) is 11.6 Å². The van der Waals surface area contributed by atoms with E-state index in [2.05, 4.69) is 10.3 Å². The Kier molecular flexibility index (Phi) is 4.02. The number of aryl methyl sites for hydroxylation is 1. The third kappa shape index (κ3) is 3.22. The number of amides is 1. The number of hydrogen-bond acceptors (Lipinski definition) is 2. The van der Waals surface area contributed by atoms with E-state index in [0.29, 0.717) is 10.8 Å². The number of carbonyl (C=O) groups excluding carboxylic acids is 1. The zero-order chi connectivity index (χ0) is 14.0. The van der Waals surface area contributed by atoms with Gasteiger partial charge in [0.1, 0.15) is 11.0 Å². The Hall–Kier alpha value is -1.65. The van der Waals surface area contributed by atoms with Crippen molar-refractivity contribution in [3.8, 4) is 0 Å². The maximum absolute atomic E-state index is 13.6. The predicted octanol–water partition coefficient (Wildman–Crippen LogP) is 4.09. The maximum atomic E-state index is 13.6. The zero-order valence-corrected chi connectivity index (χ0v) is 11.4. The lowest BCUT2D eigenvalue weighted by molar-refractivity contribution is 0.102. The highest BCUT2D eigenvalue weighted by Crippen LogP contribution is 2.19. The summed E-state index contributed by atoms with van der Waals surface area (Å²) in [5.74, 6) is -1.24. The Morgan fingerprint density at radius 2 is 2.05 bits per heavy atom. The Bertz CT molecular complexity index is 647. The molecule has 0 radical (unpaired) electrons. The van der Waals surface area contributed by atoms with Crippen LogP contribution in [0.1, 0.15) is 15.9 Å². The monoisotopic (exact) mass is 298 g/mol. The molecule has 0 aliphatic heterocycles. The highest BCUT2D eigenvalue weighted by molar-refractivity contribution is 6.30. The van der Waals surface area contributed by atoms with Crippen molar-refractivity contribution >= 4 is 34.8 Å². The number of pyridine rings is 1. The molecule has 1 N–H and O–H groups in total. The van der Waals surface area contributed by atoms with E-state index in [-0.39, 0.29) is 10.6 Å². The predicted molar refractivity (Wildman–Crippen MR) is 73.3 cm³/mol. The first-order chi connectivity index (χ1) is 8.97. The molecule has 0 saturated heterocycles. The second-order valence-electron chi connectivity index (χ2n) is 3.90. The van der Waals surface area contributed by atoms with E-state index in [1.807, 2.05) is 0 Å². The number of anilines is 1. The molecule has 1 heterocycles. The summed E-state index contributed by atoms with van der Waals surface area (Å²) in [4.78, 5) is 15.8. The van der Waals surface area contributed by atoms with Crippen LogP contribution in [0.25, 0.3) is 0 Å². The summed E-state index contributed by atoms with van der Waals surface area (Å²) >= 11 is 11.3. The van der Waals surface area contributed by atoms with Gasteiger partial charge in [0.2, 0.25) is 0 Å². The molecular weight excluding hydrogens is 290 g/mol. The highest BCUT2D eigenvalue weighted by Gasteiger charge is 2.13. The first-order valence-electron chi connectivity index (χ1n) is 5.36. The molecule has 19 heavy (non-hydrogen) atoms. The molecule has 0 unspecified atom stereocenters. The van der Waals surface area contributed by atoms with Crippen LogP contribution in [0.2, 0.25) is 10.2 Å². The molecule has 0 spiro atoms. The first kappa shape index (κ1) is 13.8. The third-order valence-corrected chi connectivity index (χ3v) is 2.94. The second-order valence-corrected chi connectivity index (χ2v) is 4.72. The number of carbonyl (C=O) groups is 1. The van der Waals surface area contributed by atoms with Crippen LogP contribution in [0.5, 0.6) is 0 Å². The van der Waals surface area contributed by atoms with Gasteiger partial charge in [0.15, 0.2) is 0 Å². The number of hydrogen-bond donors (Lipinski definition) is 1. The molecule has 3 nitrogen and oxygen atoms in total. The van der Waals surface area contributed by atoms with Crippen molar-refractivity contribution in [3.05, 3.63) is 57.6 Å². The molecule has 6 heteroatoms. The molecule has 0 atom stereocenters. The van der Waals surface area contributed by atoms with Crippen LogP contribution in [0.3, 0.4) is 0 Å². The molecule has 1 amide bonds. The summed E-state index contributed by atoms with van der Waals surface area (Å²) in [7, 11) is 0. The Labute approximate surface area is 119 Å². The van der Waals surface area contributed by atoms with Crippen LogP contribution < -0.4 is 5.32 Å². The fourth-order valence-electron chi connectivity index (χ4n) is 1.52. The number of nitrogens with one attached hydrogen (secondary N) is 1. The Morgan fingerprint density at radius 3 is 2.68 bits per heavy atom. The highest BCUT2D eigenvalue weighted by atomic mass is 35.5. The van der Waals surface area contributed by atoms with Crippen molar-refractivity contribution in [2.45, 2.75) is 6.92 Å². The van der Waals surface area contributed by atoms with Crippen molar-refractivity contribution in [2.75, 3.05) is 5.32 Å². The van der Waals surface area contributed by atoms with Crippen LogP contribution in [0, 0.1) is 12.7 Å². The summed E-state index contributed by atoms with van der Waals surface area (Å²) in [6.45, 7) is 1.77. The first-order valence-corrected chi connectivity index (χ1v) is 6.11. The molecule has 2 aromatic rings. The van der Waals surface area contributed by atoms with Gasteiger partial charge in [-0.2, -0.15) is 0 Å². The van der Waals surface area contributed by atoms with Gasteiger partial charge in [0.05, 0.1) is 17.4 Å². The quantitative estimate of drug-likeness (QED) is 0.849. The van der Waals surface area contributed by atoms with Gasteiger partial charge in [0, 0.05) is 5.02 Å². The van der Waals surface area contributed by atoms with Gasteiger partial charge in [-0.1, -0.05) is 23.2 Å². The number of benzene rings is 1. The topological polar surface area (TPSA) is 42.0 Å². The lowest BCUT2D eigenvalue weighted by atomic mass is 10.2. The molecule has 1 aromatic carbocycles. The molecule has 0 bridgehead atoms. The van der Waals surface area contributed by atoms with Crippen molar-refractivity contribution in [1.82, 2.24) is 4.98 Å². The number of aromatic nitrogens is 1. The number of nitrogens with zero attached hydrogens (tertiary/aromatic N) is 1. The van der Waals surface area contributed by atoms with E-state index >= 15 is 0 Å². The number of halogens is 3. The average molecular weight is 299 g/mol. The molecule has 0 fully saturated rings. The summed E-state index contributed by atoms with van der Waals surface area (Å²) in [5, 5.41) is 3.13. The van der Waals surface area contributed by atoms with E-state index in [9.17, 15) is 9.18 Å². The smallest absolute Gasteiger partial charge is 0.258 e. The van der Waals surface area contributed by atoms with Crippen LogP contribution in [0.15, 0.2) is 30.5 Å². The Balaban J connectivity index is 2.25. The van der Waals surface area contributed by atoms with Gasteiger partial charge >= 0.3 is 0 Å². The molecular formula is C13H9Cl2FN2O. The largest absolute Gasteiger partial charge is 0.320 e. The normalized spacial score (nSPS) is 10.3.